The molecule has 26 heavy (non-hydrogen) atoms. The zero-order valence-electron chi connectivity index (χ0n) is 12.8. The smallest absolute Gasteiger partial charge is 0.339 e. The Bertz CT molecular complexity index is 1030. The monoisotopic (exact) mass is 375 g/mol. The quantitative estimate of drug-likeness (QED) is 0.407. The van der Waals surface area contributed by atoms with Gasteiger partial charge in [0, 0.05) is 5.69 Å². The van der Waals surface area contributed by atoms with Crippen LogP contribution < -0.4 is 5.32 Å². The molecule has 0 fully saturated rings. The highest BCUT2D eigenvalue weighted by Gasteiger charge is 2.31. The van der Waals surface area contributed by atoms with Gasteiger partial charge in [0.1, 0.15) is 27.8 Å². The fraction of sp³-hybridized carbons (Fsp3) is 0. The summed E-state index contributed by atoms with van der Waals surface area (Å²) in [5.74, 6) is -4.63. The van der Waals surface area contributed by atoms with Gasteiger partial charge in [0.25, 0.3) is 0 Å². The maximum atomic E-state index is 12.0. The number of hydrogen-bond acceptors (Lipinski definition) is 7. The van der Waals surface area contributed by atoms with E-state index in [2.05, 4.69) is 5.32 Å². The lowest BCUT2D eigenvalue weighted by Crippen LogP contribution is -2.13. The van der Waals surface area contributed by atoms with E-state index in [-0.39, 0.29) is 11.4 Å². The second-order valence-electron chi connectivity index (χ2n) is 5.36. The summed E-state index contributed by atoms with van der Waals surface area (Å²) in [5.41, 5.74) is -1.44. The van der Waals surface area contributed by atoms with E-state index < -0.39 is 56.5 Å². The number of aromatic hydroxyl groups is 3. The third-order valence-electron chi connectivity index (χ3n) is 3.76. The van der Waals surface area contributed by atoms with E-state index in [1.165, 1.54) is 6.07 Å². The predicted molar refractivity (Wildman–Crippen MR) is 90.9 cm³/mol. The molecule has 0 atom stereocenters. The summed E-state index contributed by atoms with van der Waals surface area (Å²) in [6.07, 6.45) is 1.90. The van der Waals surface area contributed by atoms with Crippen molar-refractivity contribution in [2.45, 2.75) is 0 Å². The second-order valence-corrected chi connectivity index (χ2v) is 5.74. The van der Waals surface area contributed by atoms with E-state index in [4.69, 9.17) is 16.7 Å². The molecule has 0 unspecified atom stereocenters. The van der Waals surface area contributed by atoms with Gasteiger partial charge in [-0.15, -0.1) is 0 Å². The number of benzene rings is 2. The van der Waals surface area contributed by atoms with Crippen LogP contribution in [0.15, 0.2) is 30.4 Å². The molecule has 0 aliphatic heterocycles. The van der Waals surface area contributed by atoms with Gasteiger partial charge in [-0.25, -0.2) is 4.79 Å². The van der Waals surface area contributed by atoms with Crippen molar-refractivity contribution >= 4 is 40.5 Å². The number of aromatic carboxylic acids is 1. The van der Waals surface area contributed by atoms with Gasteiger partial charge in [-0.1, -0.05) is 11.6 Å². The lowest BCUT2D eigenvalue weighted by molar-refractivity contribution is 0.0693. The van der Waals surface area contributed by atoms with Crippen LogP contribution in [-0.2, 0) is 0 Å². The largest absolute Gasteiger partial charge is 0.507 e. The summed E-state index contributed by atoms with van der Waals surface area (Å²) >= 11 is 6.01. The molecule has 0 bridgehead atoms. The van der Waals surface area contributed by atoms with E-state index in [9.17, 15) is 29.7 Å². The Balaban J connectivity index is 2.16. The molecule has 0 saturated heterocycles. The average molecular weight is 376 g/mol. The number of hydrogen-bond donors (Lipinski definition) is 5. The summed E-state index contributed by atoms with van der Waals surface area (Å²) in [7, 11) is 0. The molecule has 1 aliphatic rings. The van der Waals surface area contributed by atoms with Crippen LogP contribution in [0.5, 0.6) is 17.2 Å². The lowest BCUT2D eigenvalue weighted by atomic mass is 9.92. The van der Waals surface area contributed by atoms with Crippen molar-refractivity contribution in [2.75, 3.05) is 5.32 Å². The Morgan fingerprint density at radius 1 is 0.962 bits per heavy atom. The minimum Gasteiger partial charge on any atom is -0.507 e. The van der Waals surface area contributed by atoms with Crippen molar-refractivity contribution in [1.29, 1.82) is 0 Å². The summed E-state index contributed by atoms with van der Waals surface area (Å²) < 4.78 is 0. The zero-order valence-corrected chi connectivity index (χ0v) is 13.5. The Labute approximate surface area is 150 Å². The van der Waals surface area contributed by atoms with Crippen molar-refractivity contribution < 1.29 is 34.8 Å². The van der Waals surface area contributed by atoms with Crippen LogP contribution in [0.1, 0.15) is 31.1 Å². The molecule has 0 spiro atoms. The number of carbonyl (C=O) groups excluding carboxylic acids is 2. The normalized spacial score (nSPS) is 12.8. The molecule has 0 heterocycles. The highest BCUT2D eigenvalue weighted by Crippen LogP contribution is 2.47. The number of anilines is 2. The van der Waals surface area contributed by atoms with Gasteiger partial charge < -0.3 is 25.7 Å². The molecular formula is C17H10ClNO7. The molecule has 132 valence electrons. The highest BCUT2D eigenvalue weighted by atomic mass is 35.5. The van der Waals surface area contributed by atoms with Crippen molar-refractivity contribution in [3.05, 3.63) is 52.1 Å². The summed E-state index contributed by atoms with van der Waals surface area (Å²) in [4.78, 5) is 35.0. The minimum absolute atomic E-state index is 0.0990. The molecular weight excluding hydrogens is 366 g/mol. The molecule has 3 rings (SSSR count). The van der Waals surface area contributed by atoms with Crippen LogP contribution >= 0.6 is 11.6 Å². The number of allylic oxidation sites excluding steroid dienone is 2. The van der Waals surface area contributed by atoms with E-state index in [1.54, 1.807) is 0 Å². The first-order chi connectivity index (χ1) is 12.2. The van der Waals surface area contributed by atoms with Gasteiger partial charge in [0.15, 0.2) is 17.3 Å². The van der Waals surface area contributed by atoms with Gasteiger partial charge in [-0.05, 0) is 30.4 Å². The summed E-state index contributed by atoms with van der Waals surface area (Å²) in [6, 6.07) is 3.46. The SMILES string of the molecule is O=C(O)c1cc(Nc2c(O)c3c(c(O)c2Cl)C(=O)C=CC3=O)ccc1O. The molecule has 0 radical (unpaired) electrons. The first-order valence-corrected chi connectivity index (χ1v) is 7.47. The average Bonchev–Trinajstić information content (AvgIpc) is 2.59. The number of fused-ring (bicyclic) bond motifs is 1. The number of carbonyl (C=O) groups is 3. The van der Waals surface area contributed by atoms with Crippen molar-refractivity contribution in [3.63, 3.8) is 0 Å². The Morgan fingerprint density at radius 2 is 1.54 bits per heavy atom. The van der Waals surface area contributed by atoms with Crippen molar-refractivity contribution in [2.24, 2.45) is 0 Å². The van der Waals surface area contributed by atoms with Crippen LogP contribution in [0.3, 0.4) is 0 Å². The Kier molecular flexibility index (Phi) is 4.05. The van der Waals surface area contributed by atoms with E-state index in [0.29, 0.717) is 0 Å². The van der Waals surface area contributed by atoms with E-state index in [0.717, 1.165) is 24.3 Å². The summed E-state index contributed by atoms with van der Waals surface area (Å²) in [5, 5.41) is 41.3. The fourth-order valence-electron chi connectivity index (χ4n) is 2.54. The predicted octanol–water partition coefficient (Wildman–Crippen LogP) is 2.83. The molecule has 0 aromatic heterocycles. The number of carboxylic acids is 1. The topological polar surface area (TPSA) is 144 Å². The van der Waals surface area contributed by atoms with Crippen LogP contribution in [0.2, 0.25) is 5.02 Å². The molecule has 5 N–H and O–H groups in total. The molecule has 1 aliphatic carbocycles. The van der Waals surface area contributed by atoms with Gasteiger partial charge >= 0.3 is 5.97 Å². The number of halogens is 1. The number of nitrogens with one attached hydrogen (secondary N) is 1. The van der Waals surface area contributed by atoms with Gasteiger partial charge in [-0.2, -0.15) is 0 Å². The molecule has 8 nitrogen and oxygen atoms in total. The molecule has 0 amide bonds. The fourth-order valence-corrected chi connectivity index (χ4v) is 2.77. The van der Waals surface area contributed by atoms with E-state index >= 15 is 0 Å². The lowest BCUT2D eigenvalue weighted by Gasteiger charge is -2.19. The van der Waals surface area contributed by atoms with Gasteiger partial charge in [-0.3, -0.25) is 9.59 Å². The van der Waals surface area contributed by atoms with E-state index in [1.807, 2.05) is 0 Å². The molecule has 9 heteroatoms. The third-order valence-corrected chi connectivity index (χ3v) is 4.13. The first kappa shape index (κ1) is 17.3. The molecule has 2 aromatic rings. The van der Waals surface area contributed by atoms with Crippen LogP contribution in [0.4, 0.5) is 11.4 Å². The standard InChI is InChI=1S/C17H10ClNO7/c18-13-14(19-6-1-2-8(20)7(5-6)17(25)26)16(24)12-10(22)4-3-9(21)11(12)15(13)23/h1-5,19-20,23-24H,(H,25,26). The first-order valence-electron chi connectivity index (χ1n) is 7.09. The Morgan fingerprint density at radius 3 is 2.12 bits per heavy atom. The highest BCUT2D eigenvalue weighted by molar-refractivity contribution is 6.38. The van der Waals surface area contributed by atoms with Gasteiger partial charge in [0.05, 0.1) is 11.1 Å². The van der Waals surface area contributed by atoms with Crippen molar-refractivity contribution in [1.82, 2.24) is 0 Å². The maximum absolute atomic E-state index is 12.0. The number of carboxylic acid groups (broad SMARTS) is 1. The second kappa shape index (κ2) is 6.08. The van der Waals surface area contributed by atoms with Crippen LogP contribution in [0, 0.1) is 0 Å². The van der Waals surface area contributed by atoms with Crippen molar-refractivity contribution in [3.8, 4) is 17.2 Å². The van der Waals surface area contributed by atoms with Crippen LogP contribution in [-0.4, -0.2) is 38.0 Å². The number of phenolic OH excluding ortho intramolecular Hbond substituents is 2. The minimum atomic E-state index is -1.39. The number of ketones is 2. The number of rotatable bonds is 3. The van der Waals surface area contributed by atoms with Gasteiger partial charge in [0.2, 0.25) is 0 Å². The molecule has 0 saturated carbocycles. The Hall–Kier alpha value is -3.52. The maximum Gasteiger partial charge on any atom is 0.339 e. The van der Waals surface area contributed by atoms with Crippen LogP contribution in [0.25, 0.3) is 0 Å². The zero-order chi connectivity index (χ0) is 19.2. The number of phenols is 3. The third kappa shape index (κ3) is 2.62. The summed E-state index contributed by atoms with van der Waals surface area (Å²) in [6.45, 7) is 0. The molecule has 2 aromatic carbocycles.